The highest BCUT2D eigenvalue weighted by Gasteiger charge is 2.01. The first kappa shape index (κ1) is 10.3. The molecule has 1 heterocycles. The summed E-state index contributed by atoms with van der Waals surface area (Å²) < 4.78 is 0. The molecular formula is C9H7BrClNO. The molecule has 0 fully saturated rings. The molecule has 0 aliphatic heterocycles. The van der Waals surface area contributed by atoms with Crippen LogP contribution < -0.4 is 0 Å². The monoisotopic (exact) mass is 259 g/mol. The molecule has 2 nitrogen and oxygen atoms in total. The van der Waals surface area contributed by atoms with Gasteiger partial charge in [0.05, 0.1) is 5.02 Å². The molecule has 0 saturated carbocycles. The van der Waals surface area contributed by atoms with E-state index in [1.165, 1.54) is 0 Å². The van der Waals surface area contributed by atoms with Gasteiger partial charge in [0.2, 0.25) is 0 Å². The Hall–Kier alpha value is -0.800. The molecule has 2 rings (SSSR count). The third-order valence-electron chi connectivity index (χ3n) is 1.70. The maximum atomic E-state index is 9.37. The van der Waals surface area contributed by atoms with E-state index in [2.05, 4.69) is 4.98 Å². The first-order valence-electron chi connectivity index (χ1n) is 3.51. The van der Waals surface area contributed by atoms with Gasteiger partial charge in [0.1, 0.15) is 11.3 Å². The van der Waals surface area contributed by atoms with Gasteiger partial charge >= 0.3 is 0 Å². The third kappa shape index (κ3) is 1.76. The zero-order valence-electron chi connectivity index (χ0n) is 6.57. The van der Waals surface area contributed by atoms with Crippen LogP contribution in [0.4, 0.5) is 0 Å². The zero-order chi connectivity index (χ0) is 8.55. The number of aromatic hydroxyl groups is 1. The lowest BCUT2D eigenvalue weighted by Crippen LogP contribution is -1.78. The summed E-state index contributed by atoms with van der Waals surface area (Å²) in [5.74, 6) is 0.162. The van der Waals surface area contributed by atoms with Crippen LogP contribution in [0.15, 0.2) is 30.5 Å². The van der Waals surface area contributed by atoms with Crippen LogP contribution in [0.5, 0.6) is 5.75 Å². The van der Waals surface area contributed by atoms with E-state index in [0.29, 0.717) is 10.5 Å². The summed E-state index contributed by atoms with van der Waals surface area (Å²) in [4.78, 5) is 4.01. The fourth-order valence-corrected chi connectivity index (χ4v) is 1.34. The average Bonchev–Trinajstić information content (AvgIpc) is 2.07. The van der Waals surface area contributed by atoms with Crippen LogP contribution in [0.25, 0.3) is 10.9 Å². The van der Waals surface area contributed by atoms with Crippen LogP contribution >= 0.6 is 28.6 Å². The van der Waals surface area contributed by atoms with Gasteiger partial charge in [0.15, 0.2) is 0 Å². The van der Waals surface area contributed by atoms with Crippen LogP contribution in [-0.4, -0.2) is 10.1 Å². The Balaban J connectivity index is 0.000000845. The number of rotatable bonds is 0. The van der Waals surface area contributed by atoms with Gasteiger partial charge in [-0.15, -0.1) is 17.0 Å². The molecule has 0 aliphatic rings. The maximum Gasteiger partial charge on any atom is 0.141 e. The predicted molar refractivity (Wildman–Crippen MR) is 58.7 cm³/mol. The maximum absolute atomic E-state index is 9.37. The number of halogens is 2. The molecular weight excluding hydrogens is 253 g/mol. The Morgan fingerprint density at radius 2 is 2.00 bits per heavy atom. The van der Waals surface area contributed by atoms with Crippen molar-refractivity contribution in [3.8, 4) is 5.75 Å². The molecule has 2 aromatic rings. The van der Waals surface area contributed by atoms with Gasteiger partial charge in [0, 0.05) is 11.6 Å². The summed E-state index contributed by atoms with van der Waals surface area (Å²) >= 11 is 5.88. The minimum atomic E-state index is 0. The van der Waals surface area contributed by atoms with Crippen molar-refractivity contribution >= 4 is 39.5 Å². The first-order chi connectivity index (χ1) is 5.79. The number of hydrogen-bond acceptors (Lipinski definition) is 2. The van der Waals surface area contributed by atoms with E-state index < -0.39 is 0 Å². The summed E-state index contributed by atoms with van der Waals surface area (Å²) in [5, 5.41) is 10.8. The van der Waals surface area contributed by atoms with Gasteiger partial charge in [-0.05, 0) is 12.1 Å². The molecule has 68 valence electrons. The van der Waals surface area contributed by atoms with E-state index in [-0.39, 0.29) is 22.7 Å². The molecule has 0 aliphatic carbocycles. The Morgan fingerprint density at radius 3 is 2.69 bits per heavy atom. The van der Waals surface area contributed by atoms with Gasteiger partial charge in [-0.2, -0.15) is 0 Å². The van der Waals surface area contributed by atoms with E-state index in [1.54, 1.807) is 24.4 Å². The fraction of sp³-hybridized carbons (Fsp3) is 0. The second-order valence-electron chi connectivity index (χ2n) is 2.47. The largest absolute Gasteiger partial charge is 0.506 e. The average molecular weight is 261 g/mol. The minimum absolute atomic E-state index is 0. The normalized spacial score (nSPS) is 9.62. The van der Waals surface area contributed by atoms with Crippen molar-refractivity contribution in [2.24, 2.45) is 0 Å². The van der Waals surface area contributed by atoms with Gasteiger partial charge in [-0.1, -0.05) is 23.7 Å². The Bertz CT molecular complexity index is 392. The smallest absolute Gasteiger partial charge is 0.141 e. The van der Waals surface area contributed by atoms with E-state index in [9.17, 15) is 5.11 Å². The zero-order valence-corrected chi connectivity index (χ0v) is 9.04. The SMILES string of the molecule is Br.Oc1cccc2c(Cl)ccnc12. The standard InChI is InChI=1S/C9H6ClNO.BrH/c10-7-4-5-11-9-6(7)2-1-3-8(9)12;/h1-5,12H;1H. The summed E-state index contributed by atoms with van der Waals surface area (Å²) in [5.41, 5.74) is 0.546. The molecule has 1 N–H and O–H groups in total. The van der Waals surface area contributed by atoms with Crippen molar-refractivity contribution in [1.29, 1.82) is 0 Å². The minimum Gasteiger partial charge on any atom is -0.506 e. The van der Waals surface area contributed by atoms with Crippen LogP contribution in [0.1, 0.15) is 0 Å². The summed E-state index contributed by atoms with van der Waals surface area (Å²) in [7, 11) is 0. The number of pyridine rings is 1. The van der Waals surface area contributed by atoms with Gasteiger partial charge in [0.25, 0.3) is 0 Å². The molecule has 13 heavy (non-hydrogen) atoms. The van der Waals surface area contributed by atoms with Gasteiger partial charge in [-0.3, -0.25) is 4.98 Å². The topological polar surface area (TPSA) is 33.1 Å². The summed E-state index contributed by atoms with van der Waals surface area (Å²) in [6, 6.07) is 6.85. The van der Waals surface area contributed by atoms with Crippen LogP contribution in [0.3, 0.4) is 0 Å². The number of hydrogen-bond donors (Lipinski definition) is 1. The molecule has 1 aromatic heterocycles. The molecule has 0 spiro atoms. The van der Waals surface area contributed by atoms with Crippen LogP contribution in [0, 0.1) is 0 Å². The van der Waals surface area contributed by atoms with Crippen molar-refractivity contribution in [2.45, 2.75) is 0 Å². The molecule has 1 aromatic carbocycles. The second kappa shape index (κ2) is 3.94. The lowest BCUT2D eigenvalue weighted by molar-refractivity contribution is 0.480. The molecule has 4 heteroatoms. The number of benzene rings is 1. The molecule has 0 atom stereocenters. The number of para-hydroxylation sites is 1. The first-order valence-corrected chi connectivity index (χ1v) is 3.89. The van der Waals surface area contributed by atoms with Gasteiger partial charge < -0.3 is 5.11 Å². The number of fused-ring (bicyclic) bond motifs is 1. The molecule has 0 amide bonds. The van der Waals surface area contributed by atoms with Crippen molar-refractivity contribution in [2.75, 3.05) is 0 Å². The summed E-state index contributed by atoms with van der Waals surface area (Å²) in [6.07, 6.45) is 1.57. The number of aromatic nitrogens is 1. The highest BCUT2D eigenvalue weighted by molar-refractivity contribution is 8.93. The van der Waals surface area contributed by atoms with E-state index in [1.807, 2.05) is 6.07 Å². The second-order valence-corrected chi connectivity index (χ2v) is 2.87. The van der Waals surface area contributed by atoms with Crippen molar-refractivity contribution in [3.63, 3.8) is 0 Å². The Morgan fingerprint density at radius 1 is 1.23 bits per heavy atom. The van der Waals surface area contributed by atoms with Crippen molar-refractivity contribution < 1.29 is 5.11 Å². The Kier molecular flexibility index (Phi) is 3.12. The highest BCUT2D eigenvalue weighted by atomic mass is 79.9. The van der Waals surface area contributed by atoms with E-state index in [0.717, 1.165) is 5.39 Å². The van der Waals surface area contributed by atoms with E-state index >= 15 is 0 Å². The number of phenolic OH excluding ortho intramolecular Hbond substituents is 1. The quantitative estimate of drug-likeness (QED) is 0.789. The predicted octanol–water partition coefficient (Wildman–Crippen LogP) is 3.17. The molecule has 0 saturated heterocycles. The Labute approximate surface area is 90.9 Å². The van der Waals surface area contributed by atoms with Crippen LogP contribution in [0.2, 0.25) is 5.02 Å². The highest BCUT2D eigenvalue weighted by Crippen LogP contribution is 2.26. The third-order valence-corrected chi connectivity index (χ3v) is 2.03. The lowest BCUT2D eigenvalue weighted by Gasteiger charge is -1.99. The molecule has 0 bridgehead atoms. The van der Waals surface area contributed by atoms with Crippen molar-refractivity contribution in [3.05, 3.63) is 35.5 Å². The molecule has 0 radical (unpaired) electrons. The van der Waals surface area contributed by atoms with Crippen molar-refractivity contribution in [1.82, 2.24) is 4.98 Å². The lowest BCUT2D eigenvalue weighted by atomic mass is 10.2. The fourth-order valence-electron chi connectivity index (χ4n) is 1.13. The van der Waals surface area contributed by atoms with E-state index in [4.69, 9.17) is 11.6 Å². The van der Waals surface area contributed by atoms with Crippen LogP contribution in [-0.2, 0) is 0 Å². The summed E-state index contributed by atoms with van der Waals surface area (Å²) in [6.45, 7) is 0. The number of nitrogens with zero attached hydrogens (tertiary/aromatic N) is 1. The van der Waals surface area contributed by atoms with Gasteiger partial charge in [-0.25, -0.2) is 0 Å². The molecule has 0 unspecified atom stereocenters. The number of phenols is 1.